The van der Waals surface area contributed by atoms with Gasteiger partial charge in [-0.25, -0.2) is 4.79 Å². The summed E-state index contributed by atoms with van der Waals surface area (Å²) in [5.74, 6) is 0.845. The molecule has 2 aromatic rings. The van der Waals surface area contributed by atoms with Gasteiger partial charge in [-0.2, -0.15) is 0 Å². The molecule has 0 saturated heterocycles. The maximum atomic E-state index is 11.4. The number of hydrogen-bond donors (Lipinski definition) is 2. The van der Waals surface area contributed by atoms with Crippen LogP contribution in [0.15, 0.2) is 27.4 Å². The molecule has 0 aliphatic carbocycles. The minimum absolute atomic E-state index is 0.168. The van der Waals surface area contributed by atoms with E-state index in [0.29, 0.717) is 16.7 Å². The van der Waals surface area contributed by atoms with E-state index in [1.807, 2.05) is 0 Å². The Morgan fingerprint density at radius 3 is 2.48 bits per heavy atom. The van der Waals surface area contributed by atoms with Crippen LogP contribution < -0.4 is 19.8 Å². The van der Waals surface area contributed by atoms with Crippen molar-refractivity contribution in [3.8, 4) is 17.2 Å². The highest BCUT2D eigenvalue weighted by atomic mass is 16.5. The molecule has 0 saturated carbocycles. The second kappa shape index (κ2) is 6.47. The lowest BCUT2D eigenvalue weighted by Gasteiger charge is -2.25. The number of methoxy groups -OCH3 is 2. The van der Waals surface area contributed by atoms with Gasteiger partial charge in [0.1, 0.15) is 18.3 Å². The van der Waals surface area contributed by atoms with Crippen LogP contribution in [0.25, 0.3) is 11.0 Å². The van der Waals surface area contributed by atoms with E-state index in [1.54, 1.807) is 6.07 Å². The summed E-state index contributed by atoms with van der Waals surface area (Å²) in [6.45, 7) is 2.79. The molecular formula is C16H20O7. The number of aliphatic hydroxyl groups is 2. The second-order valence-corrected chi connectivity index (χ2v) is 5.59. The van der Waals surface area contributed by atoms with Gasteiger partial charge in [0.15, 0.2) is 11.5 Å². The molecule has 2 N–H and O–H groups in total. The molecule has 0 aliphatic heterocycles. The van der Waals surface area contributed by atoms with E-state index in [2.05, 4.69) is 0 Å². The average Bonchev–Trinajstić information content (AvgIpc) is 2.49. The molecular weight excluding hydrogens is 304 g/mol. The summed E-state index contributed by atoms with van der Waals surface area (Å²) in [4.78, 5) is 11.4. The fraction of sp³-hybridized carbons (Fsp3) is 0.438. The van der Waals surface area contributed by atoms with Gasteiger partial charge >= 0.3 is 5.63 Å². The lowest BCUT2D eigenvalue weighted by atomic mass is 10.0. The highest BCUT2D eigenvalue weighted by molar-refractivity contribution is 5.88. The average molecular weight is 324 g/mol. The van der Waals surface area contributed by atoms with Crippen molar-refractivity contribution < 1.29 is 28.8 Å². The van der Waals surface area contributed by atoms with Crippen molar-refractivity contribution >= 4 is 11.0 Å². The maximum absolute atomic E-state index is 11.4. The summed E-state index contributed by atoms with van der Waals surface area (Å²) < 4.78 is 21.3. The Bertz CT molecular complexity index is 742. The van der Waals surface area contributed by atoms with Gasteiger partial charge in [0.05, 0.1) is 25.2 Å². The van der Waals surface area contributed by atoms with Crippen LogP contribution in [0.1, 0.15) is 13.8 Å². The topological polar surface area (TPSA) is 98.4 Å². The third-order valence-electron chi connectivity index (χ3n) is 3.42. The Labute approximate surface area is 133 Å². The van der Waals surface area contributed by atoms with Gasteiger partial charge in [-0.1, -0.05) is 0 Å². The molecule has 1 aromatic heterocycles. The van der Waals surface area contributed by atoms with Crippen molar-refractivity contribution in [3.05, 3.63) is 28.6 Å². The second-order valence-electron chi connectivity index (χ2n) is 5.59. The fourth-order valence-electron chi connectivity index (χ4n) is 2.00. The first-order chi connectivity index (χ1) is 10.8. The summed E-state index contributed by atoms with van der Waals surface area (Å²) in [7, 11) is 2.87. The minimum atomic E-state index is -1.32. The van der Waals surface area contributed by atoms with Crippen LogP contribution in [0.3, 0.4) is 0 Å². The zero-order chi connectivity index (χ0) is 17.2. The lowest BCUT2D eigenvalue weighted by molar-refractivity contribution is -0.0666. The first-order valence-electron chi connectivity index (χ1n) is 7.00. The standard InChI is InChI=1S/C16H20O7/c1-16(2,19)12(17)8-22-15-11(20-3)7-10-9(14(15)21-4)5-6-13(18)23-10/h5-7,12,17,19H,8H2,1-4H3. The molecule has 0 aliphatic rings. The van der Waals surface area contributed by atoms with Crippen molar-refractivity contribution in [2.24, 2.45) is 0 Å². The molecule has 1 atom stereocenters. The smallest absolute Gasteiger partial charge is 0.336 e. The predicted octanol–water partition coefficient (Wildman–Crippen LogP) is 1.32. The van der Waals surface area contributed by atoms with Crippen LogP contribution in [0, 0.1) is 0 Å². The van der Waals surface area contributed by atoms with Crippen LogP contribution in [0.2, 0.25) is 0 Å². The third kappa shape index (κ3) is 3.57. The van der Waals surface area contributed by atoms with E-state index >= 15 is 0 Å². The number of rotatable bonds is 6. The molecule has 7 nitrogen and oxygen atoms in total. The van der Waals surface area contributed by atoms with Gasteiger partial charge in [0.2, 0.25) is 5.75 Å². The first-order valence-corrected chi connectivity index (χ1v) is 7.00. The van der Waals surface area contributed by atoms with Gasteiger partial charge < -0.3 is 28.8 Å². The Morgan fingerprint density at radius 2 is 1.91 bits per heavy atom. The summed E-state index contributed by atoms with van der Waals surface area (Å²) in [6.07, 6.45) is -1.11. The molecule has 1 unspecified atom stereocenters. The van der Waals surface area contributed by atoms with Crippen molar-refractivity contribution in [1.82, 2.24) is 0 Å². The van der Waals surface area contributed by atoms with Crippen LogP contribution in [-0.2, 0) is 0 Å². The Morgan fingerprint density at radius 1 is 1.22 bits per heavy atom. The number of benzene rings is 1. The number of aliphatic hydroxyl groups excluding tert-OH is 1. The van der Waals surface area contributed by atoms with Crippen LogP contribution in [0.4, 0.5) is 0 Å². The Balaban J connectivity index is 2.49. The molecule has 1 aromatic carbocycles. The van der Waals surface area contributed by atoms with Crippen LogP contribution >= 0.6 is 0 Å². The van der Waals surface area contributed by atoms with E-state index < -0.39 is 17.3 Å². The molecule has 23 heavy (non-hydrogen) atoms. The van der Waals surface area contributed by atoms with E-state index in [1.165, 1.54) is 40.2 Å². The molecule has 0 spiro atoms. The fourth-order valence-corrected chi connectivity index (χ4v) is 2.00. The maximum Gasteiger partial charge on any atom is 0.336 e. The quantitative estimate of drug-likeness (QED) is 0.773. The van der Waals surface area contributed by atoms with E-state index in [0.717, 1.165) is 0 Å². The number of hydrogen-bond acceptors (Lipinski definition) is 7. The van der Waals surface area contributed by atoms with E-state index in [4.69, 9.17) is 18.6 Å². The summed E-state index contributed by atoms with van der Waals surface area (Å²) in [5, 5.41) is 20.2. The van der Waals surface area contributed by atoms with Gasteiger partial charge in [0, 0.05) is 12.1 Å². The normalized spacial score (nSPS) is 13.0. The van der Waals surface area contributed by atoms with Crippen molar-refractivity contribution in [3.63, 3.8) is 0 Å². The minimum Gasteiger partial charge on any atom is -0.493 e. The monoisotopic (exact) mass is 324 g/mol. The number of fused-ring (bicyclic) bond motifs is 1. The largest absolute Gasteiger partial charge is 0.493 e. The van der Waals surface area contributed by atoms with E-state index in [9.17, 15) is 15.0 Å². The number of ether oxygens (including phenoxy) is 3. The molecule has 0 radical (unpaired) electrons. The molecule has 0 bridgehead atoms. The molecule has 7 heteroatoms. The van der Waals surface area contributed by atoms with Crippen LogP contribution in [0.5, 0.6) is 17.2 Å². The SMILES string of the molecule is COc1cc2oc(=O)ccc2c(OC)c1OCC(O)C(C)(C)O. The van der Waals surface area contributed by atoms with Gasteiger partial charge in [0.25, 0.3) is 0 Å². The summed E-state index contributed by atoms with van der Waals surface area (Å²) in [5.41, 5.74) is -1.52. The Hall–Kier alpha value is -2.25. The Kier molecular flexibility index (Phi) is 4.82. The molecule has 126 valence electrons. The van der Waals surface area contributed by atoms with Crippen molar-refractivity contribution in [2.45, 2.75) is 25.6 Å². The zero-order valence-corrected chi connectivity index (χ0v) is 13.5. The highest BCUT2D eigenvalue weighted by Gasteiger charge is 2.27. The first kappa shape index (κ1) is 17.1. The van der Waals surface area contributed by atoms with Gasteiger partial charge in [-0.3, -0.25) is 0 Å². The lowest BCUT2D eigenvalue weighted by Crippen LogP contribution is -2.40. The van der Waals surface area contributed by atoms with Crippen molar-refractivity contribution in [2.75, 3.05) is 20.8 Å². The summed E-state index contributed by atoms with van der Waals surface area (Å²) >= 11 is 0. The molecule has 1 heterocycles. The summed E-state index contributed by atoms with van der Waals surface area (Å²) in [6, 6.07) is 4.33. The third-order valence-corrected chi connectivity index (χ3v) is 3.42. The van der Waals surface area contributed by atoms with Crippen LogP contribution in [-0.4, -0.2) is 42.7 Å². The van der Waals surface area contributed by atoms with Gasteiger partial charge in [-0.15, -0.1) is 0 Å². The van der Waals surface area contributed by atoms with Crippen molar-refractivity contribution in [1.29, 1.82) is 0 Å². The van der Waals surface area contributed by atoms with Gasteiger partial charge in [-0.05, 0) is 19.9 Å². The predicted molar refractivity (Wildman–Crippen MR) is 83.4 cm³/mol. The molecule has 2 rings (SSSR count). The molecule has 0 amide bonds. The zero-order valence-electron chi connectivity index (χ0n) is 13.5. The highest BCUT2D eigenvalue weighted by Crippen LogP contribution is 2.43. The van der Waals surface area contributed by atoms with E-state index in [-0.39, 0.29) is 18.1 Å². The molecule has 0 fully saturated rings.